The Morgan fingerprint density at radius 2 is 2.09 bits per heavy atom. The number of anilines is 1. The van der Waals surface area contributed by atoms with Gasteiger partial charge in [0.1, 0.15) is 0 Å². The smallest absolute Gasteiger partial charge is 0.321 e. The molecule has 6 heteroatoms. The highest BCUT2D eigenvalue weighted by molar-refractivity contribution is 6.30. The molecule has 1 unspecified atom stereocenters. The van der Waals surface area contributed by atoms with Gasteiger partial charge in [-0.3, -0.25) is 4.90 Å². The number of urea groups is 1. The van der Waals surface area contributed by atoms with Crippen LogP contribution in [-0.4, -0.2) is 61.3 Å². The molecule has 0 saturated carbocycles. The Morgan fingerprint density at radius 1 is 1.27 bits per heavy atom. The van der Waals surface area contributed by atoms with Crippen LogP contribution in [0.2, 0.25) is 5.02 Å². The second-order valence-electron chi connectivity index (χ2n) is 5.83. The molecule has 0 spiro atoms. The molecule has 1 aromatic rings. The topological polar surface area (TPSA) is 44.8 Å². The van der Waals surface area contributed by atoms with Gasteiger partial charge in [0.25, 0.3) is 0 Å². The monoisotopic (exact) mass is 323 g/mol. The van der Waals surface area contributed by atoms with E-state index in [2.05, 4.69) is 10.2 Å². The first-order chi connectivity index (χ1) is 10.7. The fourth-order valence-electron chi connectivity index (χ4n) is 3.15. The Labute approximate surface area is 136 Å². The van der Waals surface area contributed by atoms with E-state index in [1.807, 2.05) is 17.0 Å². The minimum absolute atomic E-state index is 0.0415. The fourth-order valence-corrected chi connectivity index (χ4v) is 3.34. The lowest BCUT2D eigenvalue weighted by Gasteiger charge is -2.40. The maximum Gasteiger partial charge on any atom is 0.321 e. The van der Waals surface area contributed by atoms with E-state index in [0.717, 1.165) is 57.9 Å². The summed E-state index contributed by atoms with van der Waals surface area (Å²) < 4.78 is 5.41. The Morgan fingerprint density at radius 3 is 2.86 bits per heavy atom. The lowest BCUT2D eigenvalue weighted by Crippen LogP contribution is -2.53. The summed E-state index contributed by atoms with van der Waals surface area (Å²) in [5.41, 5.74) is 0.742. The van der Waals surface area contributed by atoms with Crippen molar-refractivity contribution < 1.29 is 9.53 Å². The molecule has 22 heavy (non-hydrogen) atoms. The summed E-state index contributed by atoms with van der Waals surface area (Å²) in [5, 5.41) is 3.56. The first kappa shape index (κ1) is 15.6. The molecule has 1 N–H and O–H groups in total. The van der Waals surface area contributed by atoms with E-state index >= 15 is 0 Å². The van der Waals surface area contributed by atoms with E-state index in [1.54, 1.807) is 12.1 Å². The number of benzene rings is 1. The van der Waals surface area contributed by atoms with Gasteiger partial charge in [0, 0.05) is 42.9 Å². The van der Waals surface area contributed by atoms with Crippen LogP contribution in [-0.2, 0) is 4.74 Å². The fraction of sp³-hybridized carbons (Fsp3) is 0.562. The van der Waals surface area contributed by atoms with Crippen LogP contribution in [0.25, 0.3) is 0 Å². The Hall–Kier alpha value is -1.30. The van der Waals surface area contributed by atoms with E-state index in [9.17, 15) is 4.79 Å². The maximum absolute atomic E-state index is 12.4. The normalized spacial score (nSPS) is 23.3. The number of amides is 2. The van der Waals surface area contributed by atoms with Crippen LogP contribution < -0.4 is 5.32 Å². The van der Waals surface area contributed by atoms with Gasteiger partial charge in [-0.2, -0.15) is 0 Å². The lowest BCUT2D eigenvalue weighted by molar-refractivity contribution is 0.00248. The average Bonchev–Trinajstić information content (AvgIpc) is 2.56. The van der Waals surface area contributed by atoms with Gasteiger partial charge < -0.3 is 15.0 Å². The second kappa shape index (κ2) is 7.31. The summed E-state index contributed by atoms with van der Waals surface area (Å²) >= 11 is 5.96. The molecule has 0 bridgehead atoms. The number of hydrogen-bond donors (Lipinski definition) is 1. The highest BCUT2D eigenvalue weighted by Gasteiger charge is 2.28. The van der Waals surface area contributed by atoms with Gasteiger partial charge in [0.05, 0.1) is 13.2 Å². The Kier molecular flexibility index (Phi) is 5.18. The van der Waals surface area contributed by atoms with E-state index in [4.69, 9.17) is 16.3 Å². The van der Waals surface area contributed by atoms with Crippen molar-refractivity contribution in [2.75, 3.05) is 44.7 Å². The van der Waals surface area contributed by atoms with Crippen LogP contribution in [0.4, 0.5) is 10.5 Å². The van der Waals surface area contributed by atoms with Gasteiger partial charge in [0.15, 0.2) is 0 Å². The minimum atomic E-state index is -0.0415. The SMILES string of the molecule is O=C(Nc1cccc(Cl)c1)N1CCCC(N2CCOCC2)C1. The molecular formula is C16H22ClN3O2. The molecule has 120 valence electrons. The summed E-state index contributed by atoms with van der Waals surface area (Å²) in [6, 6.07) is 7.66. The number of rotatable bonds is 2. The molecule has 2 saturated heterocycles. The van der Waals surface area contributed by atoms with Crippen LogP contribution in [0.5, 0.6) is 0 Å². The predicted octanol–water partition coefficient (Wildman–Crippen LogP) is 2.67. The molecule has 0 aromatic heterocycles. The van der Waals surface area contributed by atoms with Crippen molar-refractivity contribution in [1.29, 1.82) is 0 Å². The molecule has 0 radical (unpaired) electrons. The number of nitrogens with zero attached hydrogens (tertiary/aromatic N) is 2. The van der Waals surface area contributed by atoms with E-state index < -0.39 is 0 Å². The number of morpholine rings is 1. The van der Waals surface area contributed by atoms with Crippen LogP contribution in [0.3, 0.4) is 0 Å². The zero-order valence-electron chi connectivity index (χ0n) is 12.6. The van der Waals surface area contributed by atoms with Gasteiger partial charge in [-0.1, -0.05) is 17.7 Å². The molecule has 2 amide bonds. The number of carbonyl (C=O) groups excluding carboxylic acids is 1. The predicted molar refractivity (Wildman–Crippen MR) is 87.5 cm³/mol. The zero-order chi connectivity index (χ0) is 15.4. The molecule has 3 rings (SSSR count). The number of hydrogen-bond acceptors (Lipinski definition) is 3. The van der Waals surface area contributed by atoms with Crippen LogP contribution >= 0.6 is 11.6 Å². The van der Waals surface area contributed by atoms with Crippen molar-refractivity contribution in [3.63, 3.8) is 0 Å². The number of halogens is 1. The molecule has 2 fully saturated rings. The van der Waals surface area contributed by atoms with E-state index in [1.165, 1.54) is 0 Å². The van der Waals surface area contributed by atoms with Crippen molar-refractivity contribution in [2.24, 2.45) is 0 Å². The van der Waals surface area contributed by atoms with Crippen molar-refractivity contribution in [2.45, 2.75) is 18.9 Å². The van der Waals surface area contributed by atoms with E-state index in [0.29, 0.717) is 11.1 Å². The van der Waals surface area contributed by atoms with Crippen molar-refractivity contribution >= 4 is 23.3 Å². The maximum atomic E-state index is 12.4. The Bertz CT molecular complexity index is 520. The number of nitrogens with one attached hydrogen (secondary N) is 1. The summed E-state index contributed by atoms with van der Waals surface area (Å²) in [6.07, 6.45) is 2.20. The molecule has 1 aromatic carbocycles. The van der Waals surface area contributed by atoms with Crippen molar-refractivity contribution in [3.05, 3.63) is 29.3 Å². The second-order valence-corrected chi connectivity index (χ2v) is 6.27. The first-order valence-electron chi connectivity index (χ1n) is 7.86. The first-order valence-corrected chi connectivity index (χ1v) is 8.23. The molecular weight excluding hydrogens is 302 g/mol. The van der Waals surface area contributed by atoms with Gasteiger partial charge in [-0.15, -0.1) is 0 Å². The van der Waals surface area contributed by atoms with Crippen molar-refractivity contribution in [1.82, 2.24) is 9.80 Å². The van der Waals surface area contributed by atoms with Crippen LogP contribution in [0.1, 0.15) is 12.8 Å². The lowest BCUT2D eigenvalue weighted by atomic mass is 10.0. The minimum Gasteiger partial charge on any atom is -0.379 e. The molecule has 2 heterocycles. The van der Waals surface area contributed by atoms with Crippen LogP contribution in [0, 0.1) is 0 Å². The average molecular weight is 324 g/mol. The molecule has 5 nitrogen and oxygen atoms in total. The van der Waals surface area contributed by atoms with Crippen LogP contribution in [0.15, 0.2) is 24.3 Å². The van der Waals surface area contributed by atoms with Gasteiger partial charge in [0.2, 0.25) is 0 Å². The van der Waals surface area contributed by atoms with Gasteiger partial charge in [-0.25, -0.2) is 4.79 Å². The molecule has 2 aliphatic heterocycles. The molecule has 2 aliphatic rings. The third kappa shape index (κ3) is 3.91. The van der Waals surface area contributed by atoms with Gasteiger partial charge in [-0.05, 0) is 31.0 Å². The van der Waals surface area contributed by atoms with E-state index in [-0.39, 0.29) is 6.03 Å². The molecule has 0 aliphatic carbocycles. The zero-order valence-corrected chi connectivity index (χ0v) is 13.4. The highest BCUT2D eigenvalue weighted by Crippen LogP contribution is 2.19. The summed E-state index contributed by atoms with van der Waals surface area (Å²) in [5.74, 6) is 0. The standard InChI is InChI=1S/C16H22ClN3O2/c17-13-3-1-4-14(11-13)18-16(21)20-6-2-5-15(12-20)19-7-9-22-10-8-19/h1,3-4,11,15H,2,5-10,12H2,(H,18,21). The van der Waals surface area contributed by atoms with Crippen molar-refractivity contribution in [3.8, 4) is 0 Å². The summed E-state index contributed by atoms with van der Waals surface area (Å²) in [4.78, 5) is 16.8. The number of likely N-dealkylation sites (tertiary alicyclic amines) is 1. The third-order valence-electron chi connectivity index (χ3n) is 4.32. The molecule has 1 atom stereocenters. The number of piperidine rings is 1. The highest BCUT2D eigenvalue weighted by atomic mass is 35.5. The number of ether oxygens (including phenoxy) is 1. The van der Waals surface area contributed by atoms with Gasteiger partial charge >= 0.3 is 6.03 Å². The quantitative estimate of drug-likeness (QED) is 0.910. The number of carbonyl (C=O) groups is 1. The Balaban J connectivity index is 1.57. The third-order valence-corrected chi connectivity index (χ3v) is 4.56. The summed E-state index contributed by atoms with van der Waals surface area (Å²) in [6.45, 7) is 5.12. The summed E-state index contributed by atoms with van der Waals surface area (Å²) in [7, 11) is 0. The largest absolute Gasteiger partial charge is 0.379 e.